The molecule has 0 fully saturated rings. The van der Waals surface area contributed by atoms with E-state index in [1.54, 1.807) is 6.08 Å². The molecule has 0 aliphatic rings. The van der Waals surface area contributed by atoms with Crippen LogP contribution in [-0.2, 0) is 4.79 Å². The molecule has 2 heteroatoms. The van der Waals surface area contributed by atoms with E-state index in [9.17, 15) is 9.90 Å². The summed E-state index contributed by atoms with van der Waals surface area (Å²) in [5.41, 5.74) is 1.92. The summed E-state index contributed by atoms with van der Waals surface area (Å²) in [6, 6.07) is 23.1. The highest BCUT2D eigenvalue weighted by Crippen LogP contribution is 2.24. The first-order valence-corrected chi connectivity index (χ1v) is 6.74. The maximum atomic E-state index is 11.6. The van der Waals surface area contributed by atoms with Gasteiger partial charge in [0.15, 0.2) is 0 Å². The second-order valence-electron chi connectivity index (χ2n) is 4.80. The molecule has 0 atom stereocenters. The first-order valence-electron chi connectivity index (χ1n) is 6.74. The van der Waals surface area contributed by atoms with Gasteiger partial charge in [-0.1, -0.05) is 72.8 Å². The van der Waals surface area contributed by atoms with Crippen molar-refractivity contribution in [2.45, 2.75) is 0 Å². The number of aliphatic carboxylic acids is 1. The third-order valence-electron chi connectivity index (χ3n) is 3.44. The molecular formula is C19H14O2. The summed E-state index contributed by atoms with van der Waals surface area (Å²) in [5, 5.41) is 11.6. The van der Waals surface area contributed by atoms with Gasteiger partial charge in [-0.25, -0.2) is 4.79 Å². The number of benzene rings is 3. The predicted molar refractivity (Wildman–Crippen MR) is 85.9 cm³/mol. The van der Waals surface area contributed by atoms with Gasteiger partial charge in [0.1, 0.15) is 0 Å². The van der Waals surface area contributed by atoms with Crippen molar-refractivity contribution in [1.29, 1.82) is 0 Å². The molecular weight excluding hydrogens is 260 g/mol. The summed E-state index contributed by atoms with van der Waals surface area (Å²) >= 11 is 0. The Morgan fingerprint density at radius 2 is 1.48 bits per heavy atom. The average Bonchev–Trinajstić information content (AvgIpc) is 2.53. The maximum Gasteiger partial charge on any atom is 0.336 e. The van der Waals surface area contributed by atoms with Crippen LogP contribution in [0.3, 0.4) is 0 Å². The Kier molecular flexibility index (Phi) is 3.52. The van der Waals surface area contributed by atoms with Gasteiger partial charge in [-0.05, 0) is 28.0 Å². The van der Waals surface area contributed by atoms with Crippen molar-refractivity contribution in [3.8, 4) is 0 Å². The van der Waals surface area contributed by atoms with E-state index in [1.807, 2.05) is 72.8 Å². The largest absolute Gasteiger partial charge is 0.478 e. The van der Waals surface area contributed by atoms with E-state index in [4.69, 9.17) is 0 Å². The van der Waals surface area contributed by atoms with E-state index in [-0.39, 0.29) is 0 Å². The summed E-state index contributed by atoms with van der Waals surface area (Å²) in [7, 11) is 0. The molecule has 0 radical (unpaired) electrons. The third kappa shape index (κ3) is 2.70. The van der Waals surface area contributed by atoms with E-state index >= 15 is 0 Å². The van der Waals surface area contributed by atoms with Crippen LogP contribution in [0.1, 0.15) is 11.1 Å². The lowest BCUT2D eigenvalue weighted by Crippen LogP contribution is -1.99. The lowest BCUT2D eigenvalue weighted by molar-refractivity contribution is -0.130. The van der Waals surface area contributed by atoms with Gasteiger partial charge in [0.2, 0.25) is 0 Å². The maximum absolute atomic E-state index is 11.6. The zero-order chi connectivity index (χ0) is 14.7. The number of carboxylic acid groups (broad SMARTS) is 1. The molecule has 0 bridgehead atoms. The molecule has 0 aliphatic carbocycles. The smallest absolute Gasteiger partial charge is 0.336 e. The van der Waals surface area contributed by atoms with E-state index in [1.165, 1.54) is 0 Å². The Morgan fingerprint density at radius 1 is 0.810 bits per heavy atom. The van der Waals surface area contributed by atoms with Crippen molar-refractivity contribution in [2.24, 2.45) is 0 Å². The zero-order valence-electron chi connectivity index (χ0n) is 11.4. The van der Waals surface area contributed by atoms with Crippen LogP contribution in [0.4, 0.5) is 0 Å². The molecule has 0 spiro atoms. The summed E-state index contributed by atoms with van der Waals surface area (Å²) in [6.07, 6.45) is 1.74. The summed E-state index contributed by atoms with van der Waals surface area (Å²) < 4.78 is 0. The van der Waals surface area contributed by atoms with E-state index in [2.05, 4.69) is 0 Å². The molecule has 2 nitrogen and oxygen atoms in total. The number of rotatable bonds is 3. The fraction of sp³-hybridized carbons (Fsp3) is 0. The summed E-state index contributed by atoms with van der Waals surface area (Å²) in [5.74, 6) is -0.922. The molecule has 3 aromatic carbocycles. The number of hydrogen-bond acceptors (Lipinski definition) is 1. The average molecular weight is 274 g/mol. The predicted octanol–water partition coefficient (Wildman–Crippen LogP) is 4.47. The zero-order valence-corrected chi connectivity index (χ0v) is 11.4. The molecule has 0 heterocycles. The van der Waals surface area contributed by atoms with Crippen molar-refractivity contribution in [2.75, 3.05) is 0 Å². The van der Waals surface area contributed by atoms with Crippen LogP contribution < -0.4 is 0 Å². The number of fused-ring (bicyclic) bond motifs is 1. The fourth-order valence-corrected chi connectivity index (χ4v) is 2.42. The van der Waals surface area contributed by atoms with Gasteiger partial charge >= 0.3 is 5.97 Å². The molecule has 1 N–H and O–H groups in total. The summed E-state index contributed by atoms with van der Waals surface area (Å²) in [4.78, 5) is 11.6. The molecule has 0 amide bonds. The first-order chi connectivity index (χ1) is 10.3. The molecule has 0 aromatic heterocycles. The minimum atomic E-state index is -0.922. The Morgan fingerprint density at radius 3 is 2.24 bits per heavy atom. The molecule has 21 heavy (non-hydrogen) atoms. The van der Waals surface area contributed by atoms with Gasteiger partial charge in [0.25, 0.3) is 0 Å². The standard InChI is InChI=1S/C19H14O2/c20-19(21)18(15-7-2-1-3-8-15)13-16-11-6-10-14-9-4-5-12-17(14)16/h1-13H,(H,20,21)/b18-13-. The molecule has 0 saturated carbocycles. The van der Waals surface area contributed by atoms with Crippen molar-refractivity contribution in [1.82, 2.24) is 0 Å². The van der Waals surface area contributed by atoms with Crippen LogP contribution >= 0.6 is 0 Å². The lowest BCUT2D eigenvalue weighted by atomic mass is 9.99. The second kappa shape index (κ2) is 5.63. The number of carboxylic acids is 1. The highest BCUT2D eigenvalue weighted by molar-refractivity contribution is 6.21. The van der Waals surface area contributed by atoms with Gasteiger partial charge < -0.3 is 5.11 Å². The van der Waals surface area contributed by atoms with Crippen molar-refractivity contribution in [3.63, 3.8) is 0 Å². The van der Waals surface area contributed by atoms with Gasteiger partial charge in [-0.3, -0.25) is 0 Å². The van der Waals surface area contributed by atoms with Crippen LogP contribution in [0.25, 0.3) is 22.4 Å². The highest BCUT2D eigenvalue weighted by Gasteiger charge is 2.10. The Labute approximate surface area is 123 Å². The third-order valence-corrected chi connectivity index (χ3v) is 3.44. The van der Waals surface area contributed by atoms with Crippen molar-refractivity contribution >= 4 is 28.4 Å². The van der Waals surface area contributed by atoms with Crippen LogP contribution in [-0.4, -0.2) is 11.1 Å². The monoisotopic (exact) mass is 274 g/mol. The molecule has 3 rings (SSSR count). The number of carbonyl (C=O) groups is 1. The van der Waals surface area contributed by atoms with E-state index in [0.717, 1.165) is 16.3 Å². The van der Waals surface area contributed by atoms with Crippen LogP contribution in [0.5, 0.6) is 0 Å². The molecule has 0 aliphatic heterocycles. The first kappa shape index (κ1) is 13.1. The fourth-order valence-electron chi connectivity index (χ4n) is 2.42. The number of hydrogen-bond donors (Lipinski definition) is 1. The Balaban J connectivity index is 2.19. The Bertz CT molecular complexity index is 812. The van der Waals surface area contributed by atoms with Crippen molar-refractivity contribution in [3.05, 3.63) is 83.9 Å². The van der Waals surface area contributed by atoms with E-state index in [0.29, 0.717) is 11.1 Å². The SMILES string of the molecule is O=C(O)/C(=C\c1cccc2ccccc12)c1ccccc1. The van der Waals surface area contributed by atoms with E-state index < -0.39 is 5.97 Å². The van der Waals surface area contributed by atoms with Gasteiger partial charge in [-0.2, -0.15) is 0 Å². The van der Waals surface area contributed by atoms with Gasteiger partial charge in [0.05, 0.1) is 5.57 Å². The molecule has 102 valence electrons. The van der Waals surface area contributed by atoms with Crippen molar-refractivity contribution < 1.29 is 9.90 Å². The van der Waals surface area contributed by atoms with Crippen LogP contribution in [0, 0.1) is 0 Å². The normalized spacial score (nSPS) is 11.5. The molecule has 0 saturated heterocycles. The molecule has 3 aromatic rings. The minimum absolute atomic E-state index is 0.298. The van der Waals surface area contributed by atoms with Crippen LogP contribution in [0.2, 0.25) is 0 Å². The highest BCUT2D eigenvalue weighted by atomic mass is 16.4. The second-order valence-corrected chi connectivity index (χ2v) is 4.80. The Hall–Kier alpha value is -2.87. The quantitative estimate of drug-likeness (QED) is 0.565. The lowest BCUT2D eigenvalue weighted by Gasteiger charge is -2.06. The van der Waals surface area contributed by atoms with Gasteiger partial charge in [0, 0.05) is 0 Å². The van der Waals surface area contributed by atoms with Crippen LogP contribution in [0.15, 0.2) is 72.8 Å². The molecule has 0 unspecified atom stereocenters. The van der Waals surface area contributed by atoms with Gasteiger partial charge in [-0.15, -0.1) is 0 Å². The minimum Gasteiger partial charge on any atom is -0.478 e. The summed E-state index contributed by atoms with van der Waals surface area (Å²) in [6.45, 7) is 0. The topological polar surface area (TPSA) is 37.3 Å².